The predicted octanol–water partition coefficient (Wildman–Crippen LogP) is 1.37. The normalized spacial score (nSPS) is 16.2. The Bertz CT molecular complexity index is 453. The van der Waals surface area contributed by atoms with Crippen LogP contribution in [0.4, 0.5) is 5.13 Å². The van der Waals surface area contributed by atoms with Crippen molar-refractivity contribution in [2.75, 3.05) is 11.4 Å². The van der Waals surface area contributed by atoms with Crippen LogP contribution in [-0.2, 0) is 9.59 Å². The van der Waals surface area contributed by atoms with E-state index in [9.17, 15) is 9.59 Å². The minimum Gasteiger partial charge on any atom is -0.478 e. The third-order valence-electron chi connectivity index (χ3n) is 2.21. The molecule has 1 aromatic rings. The molecular formula is C10H10N2O3S. The summed E-state index contributed by atoms with van der Waals surface area (Å²) in [4.78, 5) is 28.2. The summed E-state index contributed by atoms with van der Waals surface area (Å²) < 4.78 is 0. The van der Waals surface area contributed by atoms with Crippen molar-refractivity contribution < 1.29 is 14.7 Å². The summed E-state index contributed by atoms with van der Waals surface area (Å²) in [5.74, 6) is -0.907. The highest BCUT2D eigenvalue weighted by atomic mass is 32.1. The Kier molecular flexibility index (Phi) is 3.00. The molecule has 1 aromatic heterocycles. The number of thiazole rings is 1. The van der Waals surface area contributed by atoms with Crippen LogP contribution < -0.4 is 4.90 Å². The molecule has 0 bridgehead atoms. The minimum atomic E-state index is -0.993. The van der Waals surface area contributed by atoms with E-state index < -0.39 is 5.97 Å². The van der Waals surface area contributed by atoms with Crippen molar-refractivity contribution in [3.05, 3.63) is 17.2 Å². The molecule has 1 fully saturated rings. The lowest BCUT2D eigenvalue weighted by Gasteiger charge is -2.09. The van der Waals surface area contributed by atoms with Gasteiger partial charge in [0.2, 0.25) is 5.91 Å². The average molecular weight is 238 g/mol. The van der Waals surface area contributed by atoms with Gasteiger partial charge in [-0.25, -0.2) is 9.78 Å². The molecule has 0 aromatic carbocycles. The van der Waals surface area contributed by atoms with Gasteiger partial charge in [0, 0.05) is 30.1 Å². The van der Waals surface area contributed by atoms with Gasteiger partial charge in [0.25, 0.3) is 0 Å². The number of nitrogens with zero attached hydrogens (tertiary/aromatic N) is 2. The molecule has 0 atom stereocenters. The standard InChI is InChI=1S/C10H10N2O3S/c13-8-2-1-5-12(8)10-11-6-7(16-10)3-4-9(14)15/h3-4,6H,1-2,5H2,(H,14,15). The van der Waals surface area contributed by atoms with Gasteiger partial charge in [0.15, 0.2) is 5.13 Å². The SMILES string of the molecule is O=C(O)C=Cc1cnc(N2CCCC2=O)s1. The first-order valence-corrected chi connectivity index (χ1v) is 5.65. The Morgan fingerprint density at radius 2 is 2.44 bits per heavy atom. The molecule has 0 aliphatic carbocycles. The van der Waals surface area contributed by atoms with Gasteiger partial charge in [-0.05, 0) is 12.5 Å². The van der Waals surface area contributed by atoms with E-state index in [4.69, 9.17) is 5.11 Å². The van der Waals surface area contributed by atoms with Gasteiger partial charge in [-0.1, -0.05) is 11.3 Å². The van der Waals surface area contributed by atoms with Gasteiger partial charge in [-0.3, -0.25) is 9.69 Å². The summed E-state index contributed by atoms with van der Waals surface area (Å²) in [7, 11) is 0. The summed E-state index contributed by atoms with van der Waals surface area (Å²) in [6.07, 6.45) is 5.54. The fraction of sp³-hybridized carbons (Fsp3) is 0.300. The second-order valence-corrected chi connectivity index (χ2v) is 4.41. The molecule has 0 spiro atoms. The van der Waals surface area contributed by atoms with Crippen molar-refractivity contribution in [2.45, 2.75) is 12.8 Å². The lowest BCUT2D eigenvalue weighted by Crippen LogP contribution is -2.23. The first-order valence-electron chi connectivity index (χ1n) is 4.84. The topological polar surface area (TPSA) is 70.5 Å². The first-order chi connectivity index (χ1) is 7.66. The van der Waals surface area contributed by atoms with Gasteiger partial charge in [0.1, 0.15) is 0 Å². The van der Waals surface area contributed by atoms with E-state index >= 15 is 0 Å². The highest BCUT2D eigenvalue weighted by Crippen LogP contribution is 2.27. The van der Waals surface area contributed by atoms with Crippen LogP contribution in [0.2, 0.25) is 0 Å². The Morgan fingerprint density at radius 3 is 3.06 bits per heavy atom. The molecule has 2 rings (SSSR count). The zero-order valence-electron chi connectivity index (χ0n) is 8.42. The molecule has 0 radical (unpaired) electrons. The lowest BCUT2D eigenvalue weighted by molar-refractivity contribution is -0.131. The van der Waals surface area contributed by atoms with Crippen LogP contribution in [0.25, 0.3) is 6.08 Å². The van der Waals surface area contributed by atoms with E-state index in [-0.39, 0.29) is 5.91 Å². The monoisotopic (exact) mass is 238 g/mol. The average Bonchev–Trinajstić information content (AvgIpc) is 2.83. The maximum Gasteiger partial charge on any atom is 0.328 e. The lowest BCUT2D eigenvalue weighted by atomic mass is 10.4. The molecule has 1 aliphatic rings. The second kappa shape index (κ2) is 4.44. The second-order valence-electron chi connectivity index (χ2n) is 3.37. The van der Waals surface area contributed by atoms with Crippen LogP contribution in [-0.4, -0.2) is 28.5 Å². The highest BCUT2D eigenvalue weighted by molar-refractivity contribution is 7.16. The van der Waals surface area contributed by atoms with E-state index in [1.165, 1.54) is 17.4 Å². The van der Waals surface area contributed by atoms with Crippen LogP contribution in [0.5, 0.6) is 0 Å². The smallest absolute Gasteiger partial charge is 0.328 e. The molecule has 2 heterocycles. The van der Waals surface area contributed by atoms with Crippen molar-refractivity contribution in [3.63, 3.8) is 0 Å². The zero-order chi connectivity index (χ0) is 11.5. The molecule has 0 unspecified atom stereocenters. The number of carbonyl (C=O) groups is 2. The van der Waals surface area contributed by atoms with Crippen LogP contribution in [0.3, 0.4) is 0 Å². The number of carbonyl (C=O) groups excluding carboxylic acids is 1. The maximum atomic E-state index is 11.4. The number of amides is 1. The Hall–Kier alpha value is -1.69. The summed E-state index contributed by atoms with van der Waals surface area (Å²) in [5.41, 5.74) is 0. The number of hydrogen-bond acceptors (Lipinski definition) is 4. The zero-order valence-corrected chi connectivity index (χ0v) is 9.24. The molecular weight excluding hydrogens is 228 g/mol. The summed E-state index contributed by atoms with van der Waals surface area (Å²) in [6, 6.07) is 0. The summed E-state index contributed by atoms with van der Waals surface area (Å²) in [5, 5.41) is 9.11. The molecule has 0 saturated carbocycles. The number of aliphatic carboxylic acids is 1. The Balaban J connectivity index is 2.13. The van der Waals surface area contributed by atoms with Crippen molar-refractivity contribution in [1.29, 1.82) is 0 Å². The van der Waals surface area contributed by atoms with Gasteiger partial charge >= 0.3 is 5.97 Å². The summed E-state index contributed by atoms with van der Waals surface area (Å²) >= 11 is 1.32. The first kappa shape index (κ1) is 10.8. The third-order valence-corrected chi connectivity index (χ3v) is 3.19. The molecule has 1 N–H and O–H groups in total. The Morgan fingerprint density at radius 1 is 1.62 bits per heavy atom. The predicted molar refractivity (Wildman–Crippen MR) is 60.4 cm³/mol. The molecule has 1 saturated heterocycles. The highest BCUT2D eigenvalue weighted by Gasteiger charge is 2.23. The molecule has 6 heteroatoms. The maximum absolute atomic E-state index is 11.4. The minimum absolute atomic E-state index is 0.0862. The van der Waals surface area contributed by atoms with E-state index in [0.717, 1.165) is 17.4 Å². The van der Waals surface area contributed by atoms with Gasteiger partial charge < -0.3 is 5.11 Å². The van der Waals surface area contributed by atoms with E-state index in [1.807, 2.05) is 0 Å². The van der Waals surface area contributed by atoms with Crippen LogP contribution >= 0.6 is 11.3 Å². The van der Waals surface area contributed by atoms with Crippen molar-refractivity contribution >= 4 is 34.4 Å². The quantitative estimate of drug-likeness (QED) is 0.807. The number of aromatic nitrogens is 1. The molecule has 1 amide bonds. The van der Waals surface area contributed by atoms with E-state index in [1.54, 1.807) is 11.1 Å². The molecule has 16 heavy (non-hydrogen) atoms. The van der Waals surface area contributed by atoms with Gasteiger partial charge in [-0.15, -0.1) is 0 Å². The number of carboxylic acids is 1. The molecule has 5 nitrogen and oxygen atoms in total. The van der Waals surface area contributed by atoms with Gasteiger partial charge in [0.05, 0.1) is 0 Å². The van der Waals surface area contributed by atoms with Crippen LogP contribution in [0.1, 0.15) is 17.7 Å². The van der Waals surface area contributed by atoms with Crippen LogP contribution in [0.15, 0.2) is 12.3 Å². The summed E-state index contributed by atoms with van der Waals surface area (Å²) in [6.45, 7) is 0.703. The molecule has 84 valence electrons. The van der Waals surface area contributed by atoms with E-state index in [0.29, 0.717) is 18.1 Å². The van der Waals surface area contributed by atoms with Crippen LogP contribution in [0, 0.1) is 0 Å². The van der Waals surface area contributed by atoms with Crippen molar-refractivity contribution in [3.8, 4) is 0 Å². The number of rotatable bonds is 3. The van der Waals surface area contributed by atoms with Crippen molar-refractivity contribution in [1.82, 2.24) is 4.98 Å². The fourth-order valence-electron chi connectivity index (χ4n) is 1.48. The number of carboxylic acid groups (broad SMARTS) is 1. The van der Waals surface area contributed by atoms with E-state index in [2.05, 4.69) is 4.98 Å². The number of hydrogen-bond donors (Lipinski definition) is 1. The van der Waals surface area contributed by atoms with Crippen molar-refractivity contribution in [2.24, 2.45) is 0 Å². The number of anilines is 1. The molecule has 1 aliphatic heterocycles. The van der Waals surface area contributed by atoms with Gasteiger partial charge in [-0.2, -0.15) is 0 Å². The Labute approximate surface area is 96.0 Å². The fourth-order valence-corrected chi connectivity index (χ4v) is 2.34. The largest absolute Gasteiger partial charge is 0.478 e. The third kappa shape index (κ3) is 2.27.